The van der Waals surface area contributed by atoms with E-state index in [0.717, 1.165) is 55.3 Å². The van der Waals surface area contributed by atoms with Crippen molar-refractivity contribution in [2.75, 3.05) is 25.0 Å². The lowest BCUT2D eigenvalue weighted by Crippen LogP contribution is -2.39. The van der Waals surface area contributed by atoms with Crippen molar-refractivity contribution >= 4 is 35.1 Å². The first-order chi connectivity index (χ1) is 19.7. The Labute approximate surface area is 245 Å². The van der Waals surface area contributed by atoms with Gasteiger partial charge in [-0.25, -0.2) is 9.59 Å². The molecule has 2 aromatic carbocycles. The third-order valence-corrected chi connectivity index (χ3v) is 7.77. The molecule has 1 heterocycles. The summed E-state index contributed by atoms with van der Waals surface area (Å²) >= 11 is 6.52. The zero-order chi connectivity index (χ0) is 29.8. The van der Waals surface area contributed by atoms with E-state index in [2.05, 4.69) is 46.3 Å². The average molecular weight is 590 g/mol. The summed E-state index contributed by atoms with van der Waals surface area (Å²) in [4.78, 5) is 31.9. The second kappa shape index (κ2) is 16.3. The maximum absolute atomic E-state index is 12.3. The molecule has 4 rings (SSSR count). The summed E-state index contributed by atoms with van der Waals surface area (Å²) < 4.78 is 0. The molecule has 1 amide bonds. The predicted octanol–water partition coefficient (Wildman–Crippen LogP) is 2.76. The third kappa shape index (κ3) is 10.3. The summed E-state index contributed by atoms with van der Waals surface area (Å²) in [6, 6.07) is 12.5. The van der Waals surface area contributed by atoms with E-state index in [1.165, 1.54) is 48.8 Å². The smallest absolute Gasteiger partial charge is 0.335 e. The van der Waals surface area contributed by atoms with Gasteiger partial charge in [0.2, 0.25) is 5.91 Å². The summed E-state index contributed by atoms with van der Waals surface area (Å²) in [6.07, 6.45) is 4.43. The Kier molecular flexibility index (Phi) is 12.9. The Bertz CT molecular complexity index is 1150. The van der Waals surface area contributed by atoms with Gasteiger partial charge in [0.05, 0.1) is 17.1 Å². The number of anilines is 1. The number of benzene rings is 2. The number of carboxylic acid groups (broad SMARTS) is 2. The van der Waals surface area contributed by atoms with Crippen LogP contribution in [0.25, 0.3) is 0 Å². The monoisotopic (exact) mass is 589 g/mol. The first-order valence-corrected chi connectivity index (χ1v) is 14.4. The number of carbonyl (C=O) groups excluding carboxylic acids is 1. The fourth-order valence-electron chi connectivity index (χ4n) is 5.07. The van der Waals surface area contributed by atoms with Crippen molar-refractivity contribution in [3.05, 3.63) is 63.7 Å². The van der Waals surface area contributed by atoms with Gasteiger partial charge in [0.25, 0.3) is 0 Å². The molecule has 0 aromatic heterocycles. The number of aliphatic hydroxyl groups excluding tert-OH is 2. The molecule has 0 unspecified atom stereocenters. The average Bonchev–Trinajstić information content (AvgIpc) is 3.22. The van der Waals surface area contributed by atoms with Crippen LogP contribution in [0.2, 0.25) is 5.02 Å². The van der Waals surface area contributed by atoms with Crippen molar-refractivity contribution in [1.29, 1.82) is 0 Å². The largest absolute Gasteiger partial charge is 0.479 e. The molecule has 2 aromatic rings. The van der Waals surface area contributed by atoms with Crippen LogP contribution in [0, 0.1) is 5.92 Å². The van der Waals surface area contributed by atoms with Crippen LogP contribution in [0.15, 0.2) is 36.4 Å². The molecule has 0 bridgehead atoms. The highest BCUT2D eigenvalue weighted by Gasteiger charge is 2.29. The number of amides is 1. The number of aliphatic carboxylic acids is 2. The number of carbonyl (C=O) groups is 3. The van der Waals surface area contributed by atoms with Crippen LogP contribution in [0.4, 0.5) is 5.69 Å². The number of halogens is 1. The van der Waals surface area contributed by atoms with Crippen LogP contribution < -0.4 is 16.0 Å². The molecule has 0 radical (unpaired) electrons. The molecule has 11 heteroatoms. The molecule has 2 aliphatic rings. The summed E-state index contributed by atoms with van der Waals surface area (Å²) in [5.74, 6) is -2.74. The highest BCUT2D eigenvalue weighted by molar-refractivity contribution is 6.33. The van der Waals surface area contributed by atoms with Crippen LogP contribution >= 0.6 is 11.6 Å². The van der Waals surface area contributed by atoms with Crippen molar-refractivity contribution in [2.24, 2.45) is 5.92 Å². The van der Waals surface area contributed by atoms with Crippen LogP contribution in [-0.4, -0.2) is 70.1 Å². The Hall–Kier alpha value is -3.18. The molecule has 7 N–H and O–H groups in total. The normalized spacial score (nSPS) is 16.7. The van der Waals surface area contributed by atoms with E-state index < -0.39 is 24.1 Å². The van der Waals surface area contributed by atoms with Gasteiger partial charge >= 0.3 is 11.9 Å². The quantitative estimate of drug-likeness (QED) is 0.220. The van der Waals surface area contributed by atoms with Gasteiger partial charge in [0, 0.05) is 13.1 Å². The van der Waals surface area contributed by atoms with E-state index in [0.29, 0.717) is 12.3 Å². The number of rotatable bonds is 10. The molecular formula is C30H40ClN3O7. The number of carboxylic acids is 2. The Morgan fingerprint density at radius 1 is 0.878 bits per heavy atom. The number of fused-ring (bicyclic) bond motifs is 1. The highest BCUT2D eigenvalue weighted by Crippen LogP contribution is 2.31. The zero-order valence-electron chi connectivity index (χ0n) is 23.1. The lowest BCUT2D eigenvalue weighted by atomic mass is 9.89. The summed E-state index contributed by atoms with van der Waals surface area (Å²) in [6.45, 7) is 3.56. The zero-order valence-corrected chi connectivity index (χ0v) is 23.8. The van der Waals surface area contributed by atoms with Crippen LogP contribution in [0.3, 0.4) is 0 Å². The summed E-state index contributed by atoms with van der Waals surface area (Å²) in [5, 5.41) is 43.5. The van der Waals surface area contributed by atoms with Gasteiger partial charge < -0.3 is 36.4 Å². The van der Waals surface area contributed by atoms with Crippen LogP contribution in [-0.2, 0) is 40.2 Å². The van der Waals surface area contributed by atoms with Crippen LogP contribution in [0.5, 0.6) is 0 Å². The molecule has 0 spiro atoms. The second-order valence-electron chi connectivity index (χ2n) is 10.5. The molecule has 224 valence electrons. The van der Waals surface area contributed by atoms with Gasteiger partial charge in [-0.15, -0.1) is 0 Å². The lowest BCUT2D eigenvalue weighted by Gasteiger charge is -2.21. The molecule has 41 heavy (non-hydrogen) atoms. The maximum Gasteiger partial charge on any atom is 0.335 e. The van der Waals surface area contributed by atoms with E-state index in [4.69, 9.17) is 32.0 Å². The topological polar surface area (TPSA) is 168 Å². The van der Waals surface area contributed by atoms with Crippen molar-refractivity contribution in [3.8, 4) is 0 Å². The lowest BCUT2D eigenvalue weighted by molar-refractivity contribution is -0.165. The summed E-state index contributed by atoms with van der Waals surface area (Å²) in [5.41, 5.74) is 6.03. The standard InChI is InChI=1S/C26H34ClN3O.C4H6O6/c27-24-11-10-22-12-14-28-15-13-23(22)26(24)30-18-21-8-6-19(7-9-21)16-25(31)29-17-20-4-2-1-3-5-20;5-1(3(7)8)2(6)4(9)10/h6-11,20,28,30H,1-5,12-18H2,(H,29,31);1-2,5-6H,(H,7,8)(H,9,10)/t;1-,2-/m.1/s1. The highest BCUT2D eigenvalue weighted by atomic mass is 35.5. The first kappa shape index (κ1) is 32.3. The van der Waals surface area contributed by atoms with E-state index in [9.17, 15) is 14.4 Å². The van der Waals surface area contributed by atoms with Crippen molar-refractivity contribution in [3.63, 3.8) is 0 Å². The maximum atomic E-state index is 12.3. The molecule has 1 fully saturated rings. The van der Waals surface area contributed by atoms with Gasteiger partial charge in [0.15, 0.2) is 12.2 Å². The number of hydrogen-bond donors (Lipinski definition) is 7. The molecule has 10 nitrogen and oxygen atoms in total. The number of aliphatic hydroxyl groups is 2. The third-order valence-electron chi connectivity index (χ3n) is 7.46. The fraction of sp³-hybridized carbons (Fsp3) is 0.500. The van der Waals surface area contributed by atoms with Crippen molar-refractivity contribution in [2.45, 2.75) is 70.1 Å². The van der Waals surface area contributed by atoms with Gasteiger partial charge in [-0.2, -0.15) is 0 Å². The van der Waals surface area contributed by atoms with Crippen molar-refractivity contribution in [1.82, 2.24) is 10.6 Å². The fourth-order valence-corrected chi connectivity index (χ4v) is 5.31. The molecule has 1 saturated carbocycles. The van der Waals surface area contributed by atoms with Gasteiger partial charge in [0.1, 0.15) is 0 Å². The first-order valence-electron chi connectivity index (χ1n) is 14.1. The van der Waals surface area contributed by atoms with Gasteiger partial charge in [-0.3, -0.25) is 4.79 Å². The van der Waals surface area contributed by atoms with E-state index in [-0.39, 0.29) is 5.91 Å². The van der Waals surface area contributed by atoms with Gasteiger partial charge in [-0.05, 0) is 73.0 Å². The molecule has 0 saturated heterocycles. The Morgan fingerprint density at radius 2 is 1.49 bits per heavy atom. The van der Waals surface area contributed by atoms with E-state index in [1.54, 1.807) is 0 Å². The predicted molar refractivity (Wildman–Crippen MR) is 156 cm³/mol. The number of nitrogens with one attached hydrogen (secondary N) is 3. The van der Waals surface area contributed by atoms with Gasteiger partial charge in [-0.1, -0.05) is 61.2 Å². The van der Waals surface area contributed by atoms with E-state index in [1.807, 2.05) is 6.07 Å². The Balaban J connectivity index is 0.000000397. The molecule has 1 aliphatic carbocycles. The minimum absolute atomic E-state index is 0.129. The SMILES string of the molecule is O=C(Cc1ccc(CNc2c(Cl)ccc3c2CCNCC3)cc1)NCC1CCCCC1.O=C(O)[C@H](O)[C@@H](O)C(=O)O. The second-order valence-corrected chi connectivity index (χ2v) is 10.9. The number of hydrogen-bond acceptors (Lipinski definition) is 7. The molecule has 2 atom stereocenters. The minimum atomic E-state index is -2.27. The minimum Gasteiger partial charge on any atom is -0.479 e. The van der Waals surface area contributed by atoms with E-state index >= 15 is 0 Å². The Morgan fingerprint density at radius 3 is 2.12 bits per heavy atom. The summed E-state index contributed by atoms with van der Waals surface area (Å²) in [7, 11) is 0. The molecule has 1 aliphatic heterocycles. The van der Waals surface area contributed by atoms with Crippen LogP contribution in [0.1, 0.15) is 54.4 Å². The molecular weight excluding hydrogens is 550 g/mol. The van der Waals surface area contributed by atoms with Crippen molar-refractivity contribution < 1.29 is 34.8 Å².